The van der Waals surface area contributed by atoms with Crippen LogP contribution in [0.25, 0.3) is 0 Å². The Labute approximate surface area is 137 Å². The Bertz CT molecular complexity index is 644. The molecular formula is C15H17ClN2O3S. The van der Waals surface area contributed by atoms with Crippen molar-refractivity contribution in [1.82, 2.24) is 10.2 Å². The van der Waals surface area contributed by atoms with Crippen molar-refractivity contribution in [3.8, 4) is 0 Å². The zero-order valence-corrected chi connectivity index (χ0v) is 13.8. The first kappa shape index (κ1) is 15.5. The molecule has 0 unspecified atom stereocenters. The van der Waals surface area contributed by atoms with E-state index in [0.29, 0.717) is 15.6 Å². The number of thiophene rings is 1. The van der Waals surface area contributed by atoms with Crippen LogP contribution in [0.1, 0.15) is 42.3 Å². The van der Waals surface area contributed by atoms with Gasteiger partial charge in [0.1, 0.15) is 5.54 Å². The normalized spacial score (nSPS) is 28.3. The van der Waals surface area contributed by atoms with Gasteiger partial charge in [-0.05, 0) is 30.9 Å². The van der Waals surface area contributed by atoms with Crippen LogP contribution in [-0.2, 0) is 4.79 Å². The highest BCUT2D eigenvalue weighted by atomic mass is 35.5. The summed E-state index contributed by atoms with van der Waals surface area (Å²) in [6, 6.07) is 2.79. The largest absolute Gasteiger partial charge is 0.325 e. The summed E-state index contributed by atoms with van der Waals surface area (Å²) >= 11 is 6.98. The third kappa shape index (κ3) is 2.44. The van der Waals surface area contributed by atoms with Crippen molar-refractivity contribution < 1.29 is 14.4 Å². The van der Waals surface area contributed by atoms with Crippen molar-refractivity contribution in [2.24, 2.45) is 5.92 Å². The minimum absolute atomic E-state index is 0.0917. The summed E-state index contributed by atoms with van der Waals surface area (Å²) in [6.07, 6.45) is 3.54. The first-order valence-electron chi connectivity index (χ1n) is 7.37. The van der Waals surface area contributed by atoms with Crippen LogP contribution in [-0.4, -0.2) is 34.7 Å². The molecule has 1 spiro atoms. The first-order chi connectivity index (χ1) is 10.4. The smallest absolute Gasteiger partial charge is 0.323 e. The van der Waals surface area contributed by atoms with Crippen LogP contribution in [0.15, 0.2) is 12.1 Å². The molecule has 1 saturated carbocycles. The summed E-state index contributed by atoms with van der Waals surface area (Å²) in [5.74, 6) is -0.435. The second kappa shape index (κ2) is 5.66. The van der Waals surface area contributed by atoms with E-state index in [9.17, 15) is 14.4 Å². The molecule has 0 radical (unpaired) electrons. The Morgan fingerprint density at radius 2 is 2.23 bits per heavy atom. The van der Waals surface area contributed by atoms with E-state index < -0.39 is 11.6 Å². The fraction of sp³-hybridized carbons (Fsp3) is 0.533. The Balaban J connectivity index is 1.79. The third-order valence-corrected chi connectivity index (χ3v) is 5.92. The maximum atomic E-state index is 12.7. The van der Waals surface area contributed by atoms with Gasteiger partial charge >= 0.3 is 6.03 Å². The Hall–Kier alpha value is -1.40. The van der Waals surface area contributed by atoms with Crippen molar-refractivity contribution in [1.29, 1.82) is 0 Å². The van der Waals surface area contributed by atoms with E-state index in [-0.39, 0.29) is 24.2 Å². The molecule has 1 aliphatic carbocycles. The summed E-state index contributed by atoms with van der Waals surface area (Å²) in [4.78, 5) is 38.7. The molecule has 1 aromatic rings. The van der Waals surface area contributed by atoms with Crippen molar-refractivity contribution in [2.45, 2.75) is 38.1 Å². The number of carbonyl (C=O) groups excluding carboxylic acids is 3. The molecule has 1 N–H and O–H groups in total. The molecule has 2 heterocycles. The van der Waals surface area contributed by atoms with E-state index >= 15 is 0 Å². The maximum Gasteiger partial charge on any atom is 0.325 e. The van der Waals surface area contributed by atoms with E-state index in [4.69, 9.17) is 11.6 Å². The number of Topliss-reactive ketones (excluding diaryl/α,β-unsaturated/α-hetero) is 1. The van der Waals surface area contributed by atoms with E-state index in [2.05, 4.69) is 5.32 Å². The zero-order chi connectivity index (χ0) is 15.9. The van der Waals surface area contributed by atoms with E-state index in [1.54, 1.807) is 12.1 Å². The predicted molar refractivity (Wildman–Crippen MR) is 84.3 cm³/mol. The molecule has 1 aliphatic heterocycles. The number of nitrogens with zero attached hydrogens (tertiary/aromatic N) is 1. The van der Waals surface area contributed by atoms with Crippen molar-refractivity contribution >= 4 is 40.7 Å². The Morgan fingerprint density at radius 3 is 2.86 bits per heavy atom. The number of nitrogens with one attached hydrogen (secondary N) is 1. The molecule has 1 aromatic heterocycles. The average Bonchev–Trinajstić information content (AvgIpc) is 3.01. The number of halogens is 1. The minimum Gasteiger partial charge on any atom is -0.323 e. The molecule has 2 atom stereocenters. The van der Waals surface area contributed by atoms with Crippen LogP contribution in [0.5, 0.6) is 0 Å². The van der Waals surface area contributed by atoms with Gasteiger partial charge in [-0.2, -0.15) is 0 Å². The highest BCUT2D eigenvalue weighted by Gasteiger charge is 2.55. The molecular weight excluding hydrogens is 324 g/mol. The lowest BCUT2D eigenvalue weighted by Gasteiger charge is -2.36. The molecule has 2 aliphatic rings. The second-order valence-corrected chi connectivity index (χ2v) is 7.68. The molecule has 0 bridgehead atoms. The van der Waals surface area contributed by atoms with Gasteiger partial charge in [-0.3, -0.25) is 14.5 Å². The first-order valence-corrected chi connectivity index (χ1v) is 8.56. The number of urea groups is 1. The molecule has 118 valence electrons. The molecule has 0 aromatic carbocycles. The van der Waals surface area contributed by atoms with Crippen molar-refractivity contribution in [3.63, 3.8) is 0 Å². The Kier molecular flexibility index (Phi) is 3.99. The summed E-state index contributed by atoms with van der Waals surface area (Å²) in [7, 11) is 0. The van der Waals surface area contributed by atoms with Crippen LogP contribution in [0, 0.1) is 5.92 Å². The van der Waals surface area contributed by atoms with Crippen LogP contribution in [0.3, 0.4) is 0 Å². The van der Waals surface area contributed by atoms with Crippen LogP contribution in [0.2, 0.25) is 4.34 Å². The summed E-state index contributed by atoms with van der Waals surface area (Å²) in [5, 5.41) is 2.84. The Morgan fingerprint density at radius 1 is 1.45 bits per heavy atom. The lowest BCUT2D eigenvalue weighted by Crippen LogP contribution is -2.54. The maximum absolute atomic E-state index is 12.7. The van der Waals surface area contributed by atoms with Crippen molar-refractivity contribution in [2.75, 3.05) is 6.54 Å². The van der Waals surface area contributed by atoms with E-state index in [0.717, 1.165) is 35.5 Å². The summed E-state index contributed by atoms with van der Waals surface area (Å²) in [5.41, 5.74) is -0.817. The molecule has 1 saturated heterocycles. The van der Waals surface area contributed by atoms with Crippen LogP contribution >= 0.6 is 22.9 Å². The van der Waals surface area contributed by atoms with Gasteiger partial charge in [-0.1, -0.05) is 31.4 Å². The zero-order valence-electron chi connectivity index (χ0n) is 12.2. The van der Waals surface area contributed by atoms with Gasteiger partial charge in [-0.25, -0.2) is 4.79 Å². The number of rotatable bonds is 3. The molecule has 3 amide bonds. The van der Waals surface area contributed by atoms with Crippen LogP contribution < -0.4 is 5.32 Å². The number of carbonyl (C=O) groups is 3. The second-order valence-electron chi connectivity index (χ2n) is 5.97. The minimum atomic E-state index is -0.817. The van der Waals surface area contributed by atoms with Gasteiger partial charge in [0.25, 0.3) is 5.91 Å². The van der Waals surface area contributed by atoms with E-state index in [1.807, 2.05) is 6.92 Å². The highest BCUT2D eigenvalue weighted by molar-refractivity contribution is 7.18. The molecule has 7 heteroatoms. The van der Waals surface area contributed by atoms with Gasteiger partial charge in [0.15, 0.2) is 5.78 Å². The van der Waals surface area contributed by atoms with Gasteiger partial charge in [0, 0.05) is 0 Å². The fourth-order valence-corrected chi connectivity index (χ4v) is 4.30. The number of ketones is 1. The lowest BCUT2D eigenvalue weighted by molar-refractivity contribution is -0.133. The molecule has 2 fully saturated rings. The van der Waals surface area contributed by atoms with Crippen molar-refractivity contribution in [3.05, 3.63) is 21.3 Å². The van der Waals surface area contributed by atoms with E-state index in [1.165, 1.54) is 0 Å². The molecule has 22 heavy (non-hydrogen) atoms. The van der Waals surface area contributed by atoms with Gasteiger partial charge in [-0.15, -0.1) is 11.3 Å². The lowest BCUT2D eigenvalue weighted by atomic mass is 9.73. The molecule has 5 nitrogen and oxygen atoms in total. The molecule has 3 rings (SSSR count). The SMILES string of the molecule is C[C@@H]1CCCC[C@]12NC(=O)N(CC(=O)c1ccc(Cl)s1)C2=O. The van der Waals surface area contributed by atoms with Gasteiger partial charge in [0.05, 0.1) is 15.8 Å². The highest BCUT2D eigenvalue weighted by Crippen LogP contribution is 2.38. The number of amides is 3. The van der Waals surface area contributed by atoms with Gasteiger partial charge < -0.3 is 5.32 Å². The summed E-state index contributed by atoms with van der Waals surface area (Å²) < 4.78 is 0.512. The monoisotopic (exact) mass is 340 g/mol. The van der Waals surface area contributed by atoms with Crippen LogP contribution in [0.4, 0.5) is 4.79 Å². The number of hydrogen-bond donors (Lipinski definition) is 1. The fourth-order valence-electron chi connectivity index (χ4n) is 3.32. The predicted octanol–water partition coefficient (Wildman–Crippen LogP) is 3.08. The van der Waals surface area contributed by atoms with Gasteiger partial charge in [0.2, 0.25) is 0 Å². The standard InChI is InChI=1S/C15H17ClN2O3S/c1-9-4-2-3-7-15(9)13(20)18(14(21)17-15)8-10(19)11-5-6-12(16)22-11/h5-6,9H,2-4,7-8H2,1H3,(H,17,21)/t9-,15+/m1/s1. The topological polar surface area (TPSA) is 66.5 Å². The average molecular weight is 341 g/mol. The summed E-state index contributed by atoms with van der Waals surface area (Å²) in [6.45, 7) is 1.76. The quantitative estimate of drug-likeness (QED) is 0.679. The number of imide groups is 1. The number of hydrogen-bond acceptors (Lipinski definition) is 4. The third-order valence-electron chi connectivity index (χ3n) is 4.65.